The van der Waals surface area contributed by atoms with Crippen molar-refractivity contribution in [2.45, 2.75) is 31.6 Å². The van der Waals surface area contributed by atoms with Crippen LogP contribution in [0.3, 0.4) is 0 Å². The van der Waals surface area contributed by atoms with Crippen molar-refractivity contribution >= 4 is 15.9 Å². The van der Waals surface area contributed by atoms with Gasteiger partial charge in [-0.3, -0.25) is 4.79 Å². The van der Waals surface area contributed by atoms with E-state index in [-0.39, 0.29) is 29.8 Å². The molecule has 7 nitrogen and oxygen atoms in total. The lowest BCUT2D eigenvalue weighted by Crippen LogP contribution is -2.41. The summed E-state index contributed by atoms with van der Waals surface area (Å²) >= 11 is 0. The highest BCUT2D eigenvalue weighted by Crippen LogP contribution is 2.32. The van der Waals surface area contributed by atoms with E-state index in [4.69, 9.17) is 15.2 Å². The summed E-state index contributed by atoms with van der Waals surface area (Å²) in [5.41, 5.74) is 5.31. The fourth-order valence-electron chi connectivity index (χ4n) is 2.74. The Hall–Kier alpha value is -1.80. The number of rotatable bonds is 7. The third-order valence-electron chi connectivity index (χ3n) is 4.00. The summed E-state index contributed by atoms with van der Waals surface area (Å²) in [6.45, 7) is 4.96. The first-order valence-electron chi connectivity index (χ1n) is 8.09. The SMILES string of the molecule is CCOc1ccc(OCC)c(S(=O)(=O)N2CCC(C(N)=O)CC2)c1. The molecule has 0 unspecified atom stereocenters. The van der Waals surface area contributed by atoms with Gasteiger partial charge in [-0.2, -0.15) is 4.31 Å². The lowest BCUT2D eigenvalue weighted by Gasteiger charge is -2.30. The van der Waals surface area contributed by atoms with E-state index in [1.54, 1.807) is 19.1 Å². The van der Waals surface area contributed by atoms with Crippen LogP contribution < -0.4 is 15.2 Å². The van der Waals surface area contributed by atoms with Crippen LogP contribution >= 0.6 is 0 Å². The molecule has 1 aromatic carbocycles. The van der Waals surface area contributed by atoms with Gasteiger partial charge < -0.3 is 15.2 Å². The Morgan fingerprint density at radius 2 is 1.83 bits per heavy atom. The molecule has 1 aliphatic rings. The molecule has 0 radical (unpaired) electrons. The van der Waals surface area contributed by atoms with E-state index in [1.165, 1.54) is 10.4 Å². The molecule has 1 fully saturated rings. The van der Waals surface area contributed by atoms with E-state index in [2.05, 4.69) is 0 Å². The fourth-order valence-corrected chi connectivity index (χ4v) is 4.36. The van der Waals surface area contributed by atoms with Gasteiger partial charge >= 0.3 is 0 Å². The molecule has 24 heavy (non-hydrogen) atoms. The molecule has 0 bridgehead atoms. The van der Waals surface area contributed by atoms with Gasteiger partial charge in [-0.25, -0.2) is 8.42 Å². The Balaban J connectivity index is 2.30. The van der Waals surface area contributed by atoms with Crippen LogP contribution in [0.25, 0.3) is 0 Å². The molecule has 2 N–H and O–H groups in total. The van der Waals surface area contributed by atoms with E-state index >= 15 is 0 Å². The normalized spacial score (nSPS) is 16.8. The van der Waals surface area contributed by atoms with E-state index in [0.29, 0.717) is 37.6 Å². The average molecular weight is 356 g/mol. The first kappa shape index (κ1) is 18.5. The lowest BCUT2D eigenvalue weighted by molar-refractivity contribution is -0.122. The van der Waals surface area contributed by atoms with Gasteiger partial charge in [0.1, 0.15) is 16.4 Å². The number of hydrogen-bond acceptors (Lipinski definition) is 5. The maximum atomic E-state index is 13.0. The predicted octanol–water partition coefficient (Wildman–Crippen LogP) is 1.37. The summed E-state index contributed by atoms with van der Waals surface area (Å²) in [7, 11) is -3.73. The van der Waals surface area contributed by atoms with E-state index < -0.39 is 10.0 Å². The van der Waals surface area contributed by atoms with Crippen LogP contribution in [0.5, 0.6) is 11.5 Å². The van der Waals surface area contributed by atoms with Crippen molar-refractivity contribution in [2.24, 2.45) is 11.7 Å². The molecule has 1 heterocycles. The molecule has 1 saturated heterocycles. The minimum atomic E-state index is -3.73. The third kappa shape index (κ3) is 3.99. The zero-order valence-electron chi connectivity index (χ0n) is 14.0. The van der Waals surface area contributed by atoms with Crippen molar-refractivity contribution in [3.8, 4) is 11.5 Å². The molecule has 8 heteroatoms. The molecule has 1 aromatic rings. The monoisotopic (exact) mass is 356 g/mol. The Kier molecular flexibility index (Phi) is 6.06. The van der Waals surface area contributed by atoms with E-state index in [0.717, 1.165) is 0 Å². The van der Waals surface area contributed by atoms with Crippen molar-refractivity contribution in [1.29, 1.82) is 0 Å². The number of piperidine rings is 1. The van der Waals surface area contributed by atoms with E-state index in [9.17, 15) is 13.2 Å². The number of nitrogens with zero attached hydrogens (tertiary/aromatic N) is 1. The first-order valence-corrected chi connectivity index (χ1v) is 9.53. The van der Waals surface area contributed by atoms with Gasteiger partial charge in [0, 0.05) is 25.1 Å². The number of carbonyl (C=O) groups excluding carboxylic acids is 1. The number of carbonyl (C=O) groups is 1. The van der Waals surface area contributed by atoms with Crippen molar-refractivity contribution in [1.82, 2.24) is 4.31 Å². The number of benzene rings is 1. The number of sulfonamides is 1. The molecule has 2 rings (SSSR count). The molecule has 1 amide bonds. The fraction of sp³-hybridized carbons (Fsp3) is 0.562. The second kappa shape index (κ2) is 7.85. The van der Waals surface area contributed by atoms with Gasteiger partial charge in [0.15, 0.2) is 0 Å². The molecular formula is C16H24N2O5S. The maximum Gasteiger partial charge on any atom is 0.246 e. The zero-order valence-corrected chi connectivity index (χ0v) is 14.8. The van der Waals surface area contributed by atoms with Gasteiger partial charge in [-0.05, 0) is 38.8 Å². The highest BCUT2D eigenvalue weighted by molar-refractivity contribution is 7.89. The summed E-state index contributed by atoms with van der Waals surface area (Å²) in [6, 6.07) is 4.79. The van der Waals surface area contributed by atoms with Crippen LogP contribution in [-0.4, -0.2) is 44.9 Å². The molecule has 0 aliphatic carbocycles. The Morgan fingerprint density at radius 1 is 1.21 bits per heavy atom. The number of primary amides is 1. The lowest BCUT2D eigenvalue weighted by atomic mass is 9.98. The van der Waals surface area contributed by atoms with Crippen LogP contribution in [0.4, 0.5) is 0 Å². The summed E-state index contributed by atoms with van der Waals surface area (Å²) in [5, 5.41) is 0. The molecule has 0 saturated carbocycles. The minimum Gasteiger partial charge on any atom is -0.494 e. The Morgan fingerprint density at radius 3 is 2.38 bits per heavy atom. The minimum absolute atomic E-state index is 0.0906. The number of hydrogen-bond donors (Lipinski definition) is 1. The first-order chi connectivity index (χ1) is 11.4. The van der Waals surface area contributed by atoms with E-state index in [1.807, 2.05) is 6.92 Å². The smallest absolute Gasteiger partial charge is 0.246 e. The van der Waals surface area contributed by atoms with Crippen LogP contribution in [-0.2, 0) is 14.8 Å². The predicted molar refractivity (Wildman–Crippen MR) is 89.5 cm³/mol. The summed E-state index contributed by atoms with van der Waals surface area (Å²) in [4.78, 5) is 11.3. The van der Waals surface area contributed by atoms with Crippen LogP contribution in [0.15, 0.2) is 23.1 Å². The van der Waals surface area contributed by atoms with Crippen molar-refractivity contribution in [2.75, 3.05) is 26.3 Å². The molecule has 0 spiro atoms. The highest BCUT2D eigenvalue weighted by Gasteiger charge is 2.33. The molecule has 1 aliphatic heterocycles. The zero-order chi connectivity index (χ0) is 17.7. The van der Waals surface area contributed by atoms with Crippen molar-refractivity contribution in [3.05, 3.63) is 18.2 Å². The molecule has 134 valence electrons. The van der Waals surface area contributed by atoms with Crippen LogP contribution in [0.2, 0.25) is 0 Å². The Labute approximate surface area is 142 Å². The Bertz CT molecular complexity index is 682. The third-order valence-corrected chi connectivity index (χ3v) is 5.92. The van der Waals surface area contributed by atoms with Gasteiger partial charge in [0.05, 0.1) is 13.2 Å². The highest BCUT2D eigenvalue weighted by atomic mass is 32.2. The van der Waals surface area contributed by atoms with Crippen molar-refractivity contribution < 1.29 is 22.7 Å². The molecule has 0 aromatic heterocycles. The van der Waals surface area contributed by atoms with Gasteiger partial charge in [-0.15, -0.1) is 0 Å². The topological polar surface area (TPSA) is 98.9 Å². The van der Waals surface area contributed by atoms with Gasteiger partial charge in [-0.1, -0.05) is 0 Å². The summed E-state index contributed by atoms with van der Waals surface area (Å²) in [5.74, 6) is 0.141. The van der Waals surface area contributed by atoms with Gasteiger partial charge in [0.2, 0.25) is 15.9 Å². The standard InChI is InChI=1S/C16H24N2O5S/c1-3-22-13-5-6-14(23-4-2)15(11-13)24(20,21)18-9-7-12(8-10-18)16(17)19/h5-6,11-12H,3-4,7-10H2,1-2H3,(H2,17,19). The quantitative estimate of drug-likeness (QED) is 0.795. The van der Waals surface area contributed by atoms with Crippen LogP contribution in [0, 0.1) is 5.92 Å². The number of amides is 1. The second-order valence-corrected chi connectivity index (χ2v) is 7.46. The van der Waals surface area contributed by atoms with Crippen LogP contribution in [0.1, 0.15) is 26.7 Å². The number of ether oxygens (including phenoxy) is 2. The maximum absolute atomic E-state index is 13.0. The summed E-state index contributed by atoms with van der Waals surface area (Å²) < 4.78 is 38.2. The number of nitrogens with two attached hydrogens (primary N) is 1. The average Bonchev–Trinajstić information content (AvgIpc) is 2.56. The van der Waals surface area contributed by atoms with Gasteiger partial charge in [0.25, 0.3) is 0 Å². The molecule has 0 atom stereocenters. The molecular weight excluding hydrogens is 332 g/mol. The second-order valence-electron chi connectivity index (χ2n) is 5.56. The van der Waals surface area contributed by atoms with Crippen molar-refractivity contribution in [3.63, 3.8) is 0 Å². The largest absolute Gasteiger partial charge is 0.494 e. The summed E-state index contributed by atoms with van der Waals surface area (Å²) in [6.07, 6.45) is 0.868.